The van der Waals surface area contributed by atoms with Crippen LogP contribution in [0, 0.1) is 11.7 Å². The first kappa shape index (κ1) is 19.0. The number of nitrogens with zero attached hydrogens (tertiary/aromatic N) is 4. The first-order valence-electron chi connectivity index (χ1n) is 10.2. The molecule has 0 N–H and O–H groups in total. The summed E-state index contributed by atoms with van der Waals surface area (Å²) in [6, 6.07) is 6.38. The first-order valence-corrected chi connectivity index (χ1v) is 10.2. The number of piperidine rings is 2. The monoisotopic (exact) mass is 382 g/mol. The number of carbonyl (C=O) groups is 1. The van der Waals surface area contributed by atoms with Gasteiger partial charge in [0.15, 0.2) is 0 Å². The summed E-state index contributed by atoms with van der Waals surface area (Å²) in [5.74, 6) is 0.345. The average molecular weight is 382 g/mol. The van der Waals surface area contributed by atoms with Gasteiger partial charge in [-0.05, 0) is 70.1 Å². The average Bonchev–Trinajstić information content (AvgIpc) is 2.74. The molecule has 0 spiro atoms. The molecule has 1 aromatic heterocycles. The lowest BCUT2D eigenvalue weighted by molar-refractivity contribution is -0.138. The molecule has 3 heterocycles. The van der Waals surface area contributed by atoms with Crippen molar-refractivity contribution in [2.24, 2.45) is 5.92 Å². The Hall–Kier alpha value is -2.34. The summed E-state index contributed by atoms with van der Waals surface area (Å²) in [4.78, 5) is 26.5. The summed E-state index contributed by atoms with van der Waals surface area (Å²) in [5, 5.41) is 0. The minimum absolute atomic E-state index is 0.147. The van der Waals surface area contributed by atoms with Crippen molar-refractivity contribution in [2.75, 3.05) is 33.2 Å². The number of aromatic nitrogens is 2. The zero-order valence-corrected chi connectivity index (χ0v) is 16.4. The molecule has 1 amide bonds. The molecule has 148 valence electrons. The largest absolute Gasteiger partial charge is 0.342 e. The number of amides is 1. The van der Waals surface area contributed by atoms with Crippen molar-refractivity contribution >= 4 is 5.91 Å². The first-order chi connectivity index (χ1) is 13.6. The topological polar surface area (TPSA) is 49.3 Å². The number of carbonyl (C=O) groups excluding carboxylic acids is 1. The van der Waals surface area contributed by atoms with E-state index in [1.54, 1.807) is 24.5 Å². The fraction of sp³-hybridized carbons (Fsp3) is 0.500. The predicted octanol–water partition coefficient (Wildman–Crippen LogP) is 3.33. The molecule has 5 nitrogen and oxygen atoms in total. The minimum Gasteiger partial charge on any atom is -0.342 e. The van der Waals surface area contributed by atoms with Gasteiger partial charge < -0.3 is 9.80 Å². The zero-order chi connectivity index (χ0) is 19.5. The molecule has 28 heavy (non-hydrogen) atoms. The van der Waals surface area contributed by atoms with Gasteiger partial charge in [0.1, 0.15) is 5.82 Å². The quantitative estimate of drug-likeness (QED) is 0.817. The highest BCUT2D eigenvalue weighted by Gasteiger charge is 2.32. The summed E-state index contributed by atoms with van der Waals surface area (Å²) in [6.07, 6.45) is 7.24. The van der Waals surface area contributed by atoms with Crippen molar-refractivity contribution < 1.29 is 9.18 Å². The van der Waals surface area contributed by atoms with Gasteiger partial charge in [-0.3, -0.25) is 14.8 Å². The molecule has 0 bridgehead atoms. The van der Waals surface area contributed by atoms with Gasteiger partial charge in [0.05, 0.1) is 11.4 Å². The smallest absolute Gasteiger partial charge is 0.225 e. The molecule has 2 aliphatic rings. The van der Waals surface area contributed by atoms with Crippen LogP contribution in [0.2, 0.25) is 0 Å². The van der Waals surface area contributed by atoms with Gasteiger partial charge in [0.25, 0.3) is 0 Å². The van der Waals surface area contributed by atoms with Crippen molar-refractivity contribution in [2.45, 2.75) is 31.6 Å². The second-order valence-electron chi connectivity index (χ2n) is 8.00. The third-order valence-corrected chi connectivity index (χ3v) is 6.03. The third kappa shape index (κ3) is 4.07. The maximum atomic E-state index is 13.3. The van der Waals surface area contributed by atoms with E-state index in [1.807, 2.05) is 4.90 Å². The number of hydrogen-bond donors (Lipinski definition) is 0. The molecule has 1 aromatic carbocycles. The van der Waals surface area contributed by atoms with Crippen molar-refractivity contribution in [1.29, 1.82) is 0 Å². The van der Waals surface area contributed by atoms with E-state index in [4.69, 9.17) is 0 Å². The van der Waals surface area contributed by atoms with E-state index in [1.165, 1.54) is 12.1 Å². The molecular weight excluding hydrogens is 355 g/mol. The fourth-order valence-electron chi connectivity index (χ4n) is 4.39. The van der Waals surface area contributed by atoms with E-state index in [0.29, 0.717) is 12.5 Å². The summed E-state index contributed by atoms with van der Waals surface area (Å²) in [5.41, 5.74) is 2.57. The van der Waals surface area contributed by atoms with Gasteiger partial charge in [0, 0.05) is 42.9 Å². The third-order valence-electron chi connectivity index (χ3n) is 6.03. The normalized spacial score (nSPS) is 21.6. The molecule has 2 fully saturated rings. The van der Waals surface area contributed by atoms with Crippen LogP contribution in [0.15, 0.2) is 36.7 Å². The molecule has 0 radical (unpaired) electrons. The van der Waals surface area contributed by atoms with Crippen LogP contribution in [0.1, 0.15) is 37.3 Å². The molecule has 2 aromatic rings. The van der Waals surface area contributed by atoms with Gasteiger partial charge in [-0.15, -0.1) is 0 Å². The highest BCUT2D eigenvalue weighted by molar-refractivity contribution is 5.79. The van der Waals surface area contributed by atoms with E-state index in [-0.39, 0.29) is 17.7 Å². The van der Waals surface area contributed by atoms with E-state index in [0.717, 1.165) is 62.3 Å². The minimum atomic E-state index is -0.262. The summed E-state index contributed by atoms with van der Waals surface area (Å²) in [7, 11) is 2.11. The Morgan fingerprint density at radius 2 is 1.75 bits per heavy atom. The number of likely N-dealkylation sites (tertiary alicyclic amines) is 2. The van der Waals surface area contributed by atoms with Crippen molar-refractivity contribution in [3.8, 4) is 11.3 Å². The molecule has 1 atom stereocenters. The highest BCUT2D eigenvalue weighted by Crippen LogP contribution is 2.33. The molecule has 4 rings (SSSR count). The lowest BCUT2D eigenvalue weighted by Gasteiger charge is -2.37. The van der Waals surface area contributed by atoms with Crippen LogP contribution in [-0.2, 0) is 4.79 Å². The van der Waals surface area contributed by atoms with E-state index in [2.05, 4.69) is 21.9 Å². The molecule has 2 saturated heterocycles. The van der Waals surface area contributed by atoms with Crippen LogP contribution in [-0.4, -0.2) is 58.9 Å². The molecule has 0 aliphatic carbocycles. The van der Waals surface area contributed by atoms with Crippen LogP contribution in [0.5, 0.6) is 0 Å². The predicted molar refractivity (Wildman–Crippen MR) is 106 cm³/mol. The van der Waals surface area contributed by atoms with E-state index < -0.39 is 0 Å². The molecular formula is C22H27FN4O. The number of benzene rings is 1. The van der Waals surface area contributed by atoms with Gasteiger partial charge >= 0.3 is 0 Å². The Morgan fingerprint density at radius 3 is 2.50 bits per heavy atom. The zero-order valence-electron chi connectivity index (χ0n) is 16.4. The lowest BCUT2D eigenvalue weighted by Crippen LogP contribution is -2.45. The summed E-state index contributed by atoms with van der Waals surface area (Å²) >= 11 is 0. The van der Waals surface area contributed by atoms with Crippen molar-refractivity contribution in [3.63, 3.8) is 0 Å². The highest BCUT2D eigenvalue weighted by atomic mass is 19.1. The number of halogens is 1. The standard InChI is InChI=1S/C22H27FN4O/c1-26-13-8-17(9-14-26)22(28)27-12-2-3-18(15-27)21-20(24-10-11-25-21)16-4-6-19(23)7-5-16/h4-7,10-11,17-18H,2-3,8-9,12-15H2,1H3. The van der Waals surface area contributed by atoms with Crippen LogP contribution >= 0.6 is 0 Å². The van der Waals surface area contributed by atoms with Crippen molar-refractivity contribution in [1.82, 2.24) is 19.8 Å². The Labute approximate surface area is 165 Å². The van der Waals surface area contributed by atoms with Crippen LogP contribution in [0.3, 0.4) is 0 Å². The second-order valence-corrected chi connectivity index (χ2v) is 8.00. The molecule has 2 aliphatic heterocycles. The Morgan fingerprint density at radius 1 is 1.04 bits per heavy atom. The van der Waals surface area contributed by atoms with Gasteiger partial charge in [-0.1, -0.05) is 0 Å². The van der Waals surface area contributed by atoms with E-state index in [9.17, 15) is 9.18 Å². The summed E-state index contributed by atoms with van der Waals surface area (Å²) in [6.45, 7) is 3.50. The van der Waals surface area contributed by atoms with Gasteiger partial charge in [-0.25, -0.2) is 4.39 Å². The van der Waals surface area contributed by atoms with Gasteiger partial charge in [0.2, 0.25) is 5.91 Å². The molecule has 6 heteroatoms. The van der Waals surface area contributed by atoms with Crippen LogP contribution in [0.4, 0.5) is 4.39 Å². The number of rotatable bonds is 3. The maximum Gasteiger partial charge on any atom is 0.225 e. The SMILES string of the molecule is CN1CCC(C(=O)N2CCCC(c3nccnc3-c3ccc(F)cc3)C2)CC1. The molecule has 0 saturated carbocycles. The van der Waals surface area contributed by atoms with Gasteiger partial charge in [-0.2, -0.15) is 0 Å². The Bertz CT molecular complexity index is 818. The Balaban J connectivity index is 1.52. The fourth-order valence-corrected chi connectivity index (χ4v) is 4.39. The Kier molecular flexibility index (Phi) is 5.67. The summed E-state index contributed by atoms with van der Waals surface area (Å²) < 4.78 is 13.3. The van der Waals surface area contributed by atoms with E-state index >= 15 is 0 Å². The number of hydrogen-bond acceptors (Lipinski definition) is 4. The maximum absolute atomic E-state index is 13.3. The van der Waals surface area contributed by atoms with Crippen LogP contribution in [0.25, 0.3) is 11.3 Å². The molecule has 1 unspecified atom stereocenters. The van der Waals surface area contributed by atoms with Crippen molar-refractivity contribution in [3.05, 3.63) is 48.2 Å². The van der Waals surface area contributed by atoms with Crippen LogP contribution < -0.4 is 0 Å². The lowest BCUT2D eigenvalue weighted by atomic mass is 9.89. The second kappa shape index (κ2) is 8.35.